The topological polar surface area (TPSA) is 51.6 Å². The molecule has 0 N–H and O–H groups in total. The predicted molar refractivity (Wildman–Crippen MR) is 266 cm³/mol. The van der Waals surface area contributed by atoms with Crippen molar-refractivity contribution in [3.63, 3.8) is 0 Å². The van der Waals surface area contributed by atoms with Crippen LogP contribution in [0.2, 0.25) is 0 Å². The molecule has 0 unspecified atom stereocenters. The fourth-order valence-corrected chi connectivity index (χ4v) is 9.46. The second-order valence-corrected chi connectivity index (χ2v) is 16.2. The fourth-order valence-electron chi connectivity index (χ4n) is 9.46. The Morgan fingerprint density at radius 3 is 1.23 bits per heavy atom. The Hall–Kier alpha value is -8.60. The number of benzene rings is 10. The fraction of sp³-hybridized carbons (Fsp3) is 0. The van der Waals surface area contributed by atoms with Gasteiger partial charge in [-0.1, -0.05) is 188 Å². The van der Waals surface area contributed by atoms with Crippen LogP contribution in [-0.2, 0) is 0 Å². The number of rotatable bonds is 7. The third-order valence-electron chi connectivity index (χ3n) is 12.4. The highest BCUT2D eigenvalue weighted by Gasteiger charge is 2.21. The summed E-state index contributed by atoms with van der Waals surface area (Å²) >= 11 is 0. The number of fused-ring (bicyclic) bond motifs is 8. The maximum absolute atomic E-state index is 5.41. The van der Waals surface area contributed by atoms with Gasteiger partial charge in [-0.25, -0.2) is 15.0 Å². The van der Waals surface area contributed by atoms with Gasteiger partial charge in [0, 0.05) is 34.6 Å². The largest absolute Gasteiger partial charge is 0.264 e. The normalized spacial score (nSPS) is 11.4. The van der Waals surface area contributed by atoms with E-state index in [1.165, 1.54) is 43.1 Å². The van der Waals surface area contributed by atoms with Crippen LogP contribution >= 0.6 is 0 Å². The second-order valence-electron chi connectivity index (χ2n) is 16.2. The molecule has 0 saturated carbocycles. The van der Waals surface area contributed by atoms with Crippen molar-refractivity contribution in [3.8, 4) is 78.7 Å². The Morgan fingerprint density at radius 1 is 0.234 bits per heavy atom. The van der Waals surface area contributed by atoms with Crippen molar-refractivity contribution in [3.05, 3.63) is 231 Å². The quantitative estimate of drug-likeness (QED) is 0.150. The molecule has 0 radical (unpaired) electrons. The summed E-state index contributed by atoms with van der Waals surface area (Å²) in [6, 6.07) is 77.3. The standard InChI is InChI=1S/C60H38N4/c1-3-18-39(19-4-1)45-23-7-15-31-53(45)59-62-58(63-60(64-59)54-32-16-8-24-46(54)40-20-5-2-6-21-40)44-35-42(41-22-17-33-61-38-41)34-43(36-44)55-37-56-49-27-10-9-25-47(49)48-26-11-13-29-51(48)57(56)52-30-14-12-28-50(52)55/h1-38H. The van der Waals surface area contributed by atoms with E-state index in [1.54, 1.807) is 0 Å². The summed E-state index contributed by atoms with van der Waals surface area (Å²) in [6.07, 6.45) is 3.75. The van der Waals surface area contributed by atoms with Crippen LogP contribution in [0.3, 0.4) is 0 Å². The number of hydrogen-bond donors (Lipinski definition) is 0. The smallest absolute Gasteiger partial charge is 0.164 e. The molecule has 12 aromatic rings. The van der Waals surface area contributed by atoms with Gasteiger partial charge in [0.2, 0.25) is 0 Å². The van der Waals surface area contributed by atoms with Crippen LogP contribution < -0.4 is 0 Å². The van der Waals surface area contributed by atoms with Gasteiger partial charge < -0.3 is 0 Å². The molecule has 0 fully saturated rings. The Balaban J connectivity index is 1.15. The zero-order valence-electron chi connectivity index (χ0n) is 34.7. The minimum Gasteiger partial charge on any atom is -0.264 e. The average molecular weight is 815 g/mol. The average Bonchev–Trinajstić information content (AvgIpc) is 3.39. The lowest BCUT2D eigenvalue weighted by molar-refractivity contribution is 1.07. The van der Waals surface area contributed by atoms with Gasteiger partial charge >= 0.3 is 0 Å². The van der Waals surface area contributed by atoms with E-state index in [9.17, 15) is 0 Å². The first-order valence-electron chi connectivity index (χ1n) is 21.6. The molecule has 4 nitrogen and oxygen atoms in total. The van der Waals surface area contributed by atoms with Crippen LogP contribution in [0, 0.1) is 0 Å². The highest BCUT2D eigenvalue weighted by molar-refractivity contribution is 6.33. The van der Waals surface area contributed by atoms with Crippen LogP contribution in [0.5, 0.6) is 0 Å². The maximum Gasteiger partial charge on any atom is 0.164 e. The Kier molecular flexibility index (Phi) is 9.12. The van der Waals surface area contributed by atoms with Crippen molar-refractivity contribution >= 4 is 43.1 Å². The van der Waals surface area contributed by atoms with E-state index >= 15 is 0 Å². The number of hydrogen-bond acceptors (Lipinski definition) is 4. The zero-order chi connectivity index (χ0) is 42.4. The van der Waals surface area contributed by atoms with Gasteiger partial charge in [0.25, 0.3) is 0 Å². The summed E-state index contributed by atoms with van der Waals surface area (Å²) in [5, 5.41) is 9.85. The molecule has 0 aliphatic carbocycles. The molecule has 0 aliphatic rings. The molecular weight excluding hydrogens is 777 g/mol. The van der Waals surface area contributed by atoms with E-state index < -0.39 is 0 Å². The molecule has 0 bridgehead atoms. The first kappa shape index (κ1) is 37.2. The van der Waals surface area contributed by atoms with Crippen LogP contribution in [0.4, 0.5) is 0 Å². The molecule has 4 heteroatoms. The predicted octanol–water partition coefficient (Wildman–Crippen LogP) is 15.5. The molecular formula is C60H38N4. The Labute approximate surface area is 370 Å². The van der Waals surface area contributed by atoms with Gasteiger partial charge in [-0.15, -0.1) is 0 Å². The molecule has 0 atom stereocenters. The molecule has 12 rings (SSSR count). The van der Waals surface area contributed by atoms with E-state index in [0.29, 0.717) is 17.5 Å². The first-order valence-corrected chi connectivity index (χ1v) is 21.6. The van der Waals surface area contributed by atoms with E-state index in [-0.39, 0.29) is 0 Å². The summed E-state index contributed by atoms with van der Waals surface area (Å²) in [6.45, 7) is 0. The minimum absolute atomic E-state index is 0.583. The first-order chi connectivity index (χ1) is 31.7. The number of aromatic nitrogens is 4. The van der Waals surface area contributed by atoms with E-state index in [0.717, 1.165) is 61.2 Å². The van der Waals surface area contributed by atoms with Crippen molar-refractivity contribution in [2.75, 3.05) is 0 Å². The van der Waals surface area contributed by atoms with E-state index in [4.69, 9.17) is 15.0 Å². The van der Waals surface area contributed by atoms with Crippen molar-refractivity contribution in [1.82, 2.24) is 19.9 Å². The van der Waals surface area contributed by atoms with Gasteiger partial charge in [0.1, 0.15) is 0 Å². The van der Waals surface area contributed by atoms with E-state index in [1.807, 2.05) is 30.6 Å². The van der Waals surface area contributed by atoms with Crippen molar-refractivity contribution < 1.29 is 0 Å². The summed E-state index contributed by atoms with van der Waals surface area (Å²) in [5.74, 6) is 1.79. The zero-order valence-corrected chi connectivity index (χ0v) is 34.7. The van der Waals surface area contributed by atoms with Gasteiger partial charge in [0.05, 0.1) is 0 Å². The monoisotopic (exact) mass is 814 g/mol. The number of nitrogens with zero attached hydrogens (tertiary/aromatic N) is 4. The molecule has 64 heavy (non-hydrogen) atoms. The minimum atomic E-state index is 0.583. The second kappa shape index (κ2) is 15.7. The molecule has 298 valence electrons. The molecule has 2 aromatic heterocycles. The third kappa shape index (κ3) is 6.48. The molecule has 0 aliphatic heterocycles. The summed E-state index contributed by atoms with van der Waals surface area (Å²) in [7, 11) is 0. The Morgan fingerprint density at radius 2 is 0.656 bits per heavy atom. The molecule has 0 spiro atoms. The molecule has 0 amide bonds. The lowest BCUT2D eigenvalue weighted by Gasteiger charge is -2.18. The van der Waals surface area contributed by atoms with Crippen LogP contribution in [0.15, 0.2) is 231 Å². The number of pyridine rings is 1. The van der Waals surface area contributed by atoms with Crippen molar-refractivity contribution in [1.29, 1.82) is 0 Å². The summed E-state index contributed by atoms with van der Waals surface area (Å²) < 4.78 is 0. The van der Waals surface area contributed by atoms with Gasteiger partial charge in [-0.05, 0) is 112 Å². The third-order valence-corrected chi connectivity index (χ3v) is 12.4. The van der Waals surface area contributed by atoms with Crippen molar-refractivity contribution in [2.24, 2.45) is 0 Å². The van der Waals surface area contributed by atoms with Crippen LogP contribution in [0.25, 0.3) is 122 Å². The lowest BCUT2D eigenvalue weighted by atomic mass is 9.86. The maximum atomic E-state index is 5.41. The van der Waals surface area contributed by atoms with Crippen molar-refractivity contribution in [2.45, 2.75) is 0 Å². The van der Waals surface area contributed by atoms with E-state index in [2.05, 4.69) is 205 Å². The lowest BCUT2D eigenvalue weighted by Crippen LogP contribution is -2.02. The van der Waals surface area contributed by atoms with Crippen LogP contribution in [-0.4, -0.2) is 19.9 Å². The van der Waals surface area contributed by atoms with Gasteiger partial charge in [-0.3, -0.25) is 4.98 Å². The highest BCUT2D eigenvalue weighted by atomic mass is 15.0. The molecule has 0 saturated heterocycles. The summed E-state index contributed by atoms with van der Waals surface area (Å²) in [4.78, 5) is 20.7. The Bertz CT molecular complexity index is 3610. The highest BCUT2D eigenvalue weighted by Crippen LogP contribution is 2.44. The molecule has 2 heterocycles. The van der Waals surface area contributed by atoms with Gasteiger partial charge in [0.15, 0.2) is 17.5 Å². The summed E-state index contributed by atoms with van der Waals surface area (Å²) in [5.41, 5.74) is 11.2. The molecule has 10 aromatic carbocycles. The van der Waals surface area contributed by atoms with Crippen LogP contribution in [0.1, 0.15) is 0 Å². The van der Waals surface area contributed by atoms with Gasteiger partial charge in [-0.2, -0.15) is 0 Å². The SMILES string of the molecule is c1ccc(-c2ccccc2-c2nc(-c3cc(-c4cccnc4)cc(-c4cc5c6ccccc6c6ccccc6c5c5ccccc45)c3)nc(-c3ccccc3-c3ccccc3)n2)cc1.